The molecule has 0 aliphatic carbocycles. The van der Waals surface area contributed by atoms with E-state index in [-0.39, 0.29) is 11.8 Å². The lowest BCUT2D eigenvalue weighted by molar-refractivity contribution is 0.0948. The molecule has 7 heteroatoms. The van der Waals surface area contributed by atoms with Gasteiger partial charge in [-0.1, -0.05) is 285 Å². The highest BCUT2D eigenvalue weighted by atomic mass is 32.1. The highest BCUT2D eigenvalue weighted by molar-refractivity contribution is 7.27. The smallest absolute Gasteiger partial charge is 0.261 e. The lowest BCUT2D eigenvalue weighted by atomic mass is 10.0. The molecule has 3 rings (SSSR count). The fraction of sp³-hybridized carbons (Fsp3) is 0.788. The van der Waals surface area contributed by atoms with E-state index in [1.54, 1.807) is 22.7 Å². The SMILES string of the molecule is CCCCCCCCCCCCCCCCCCNC(=O)c1cc(CCCCCCCC)c(-c2ccc(-c3sc(C(=O)NCCCCCCCCCCCCCCCCCC)cc3CCCCCCCC)s2)s1. The number of carbonyl (C=O) groups excluding carboxylic acids is 2. The Hall–Kier alpha value is -1.96. The predicted molar refractivity (Wildman–Crippen MR) is 329 cm³/mol. The number of hydrogen-bond acceptors (Lipinski definition) is 5. The van der Waals surface area contributed by atoms with E-state index < -0.39 is 0 Å². The number of aryl methyl sites for hydroxylation is 2. The number of nitrogens with one attached hydrogen (secondary N) is 2. The monoisotopic (exact) mass is 1060 g/mol. The van der Waals surface area contributed by atoms with Crippen molar-refractivity contribution in [2.75, 3.05) is 13.1 Å². The van der Waals surface area contributed by atoms with E-state index in [9.17, 15) is 9.59 Å². The summed E-state index contributed by atoms with van der Waals surface area (Å²) in [4.78, 5) is 34.1. The van der Waals surface area contributed by atoms with Crippen molar-refractivity contribution in [1.29, 1.82) is 0 Å². The van der Waals surface area contributed by atoms with Gasteiger partial charge in [-0.3, -0.25) is 9.59 Å². The Morgan fingerprint density at radius 2 is 0.548 bits per heavy atom. The van der Waals surface area contributed by atoms with Crippen LogP contribution in [0, 0.1) is 0 Å². The second-order valence-corrected chi connectivity index (χ2v) is 25.4. The molecule has 0 saturated carbocycles. The van der Waals surface area contributed by atoms with Crippen LogP contribution in [0.25, 0.3) is 19.5 Å². The van der Waals surface area contributed by atoms with E-state index in [4.69, 9.17) is 0 Å². The molecule has 0 aliphatic heterocycles. The van der Waals surface area contributed by atoms with Crippen LogP contribution in [0.4, 0.5) is 0 Å². The molecule has 3 heterocycles. The average Bonchev–Trinajstić information content (AvgIpc) is 4.17. The van der Waals surface area contributed by atoms with Crippen molar-refractivity contribution in [1.82, 2.24) is 10.6 Å². The molecule has 0 aliphatic rings. The van der Waals surface area contributed by atoms with Crippen LogP contribution >= 0.6 is 34.0 Å². The van der Waals surface area contributed by atoms with Crippen LogP contribution in [-0.2, 0) is 12.8 Å². The van der Waals surface area contributed by atoms with E-state index in [0.29, 0.717) is 0 Å². The van der Waals surface area contributed by atoms with Crippen LogP contribution < -0.4 is 10.6 Å². The summed E-state index contributed by atoms with van der Waals surface area (Å²) in [6, 6.07) is 9.01. The van der Waals surface area contributed by atoms with Crippen molar-refractivity contribution in [2.45, 2.75) is 323 Å². The topological polar surface area (TPSA) is 58.2 Å². The van der Waals surface area contributed by atoms with E-state index in [1.165, 1.54) is 287 Å². The first-order valence-electron chi connectivity index (χ1n) is 31.9. The Kier molecular flexibility index (Phi) is 41.3. The molecule has 0 unspecified atom stereocenters. The first-order valence-corrected chi connectivity index (χ1v) is 34.4. The molecule has 3 aromatic heterocycles. The summed E-state index contributed by atoms with van der Waals surface area (Å²) in [6.45, 7) is 10.7. The van der Waals surface area contributed by atoms with Crippen LogP contribution in [-0.4, -0.2) is 24.9 Å². The number of rotatable bonds is 52. The summed E-state index contributed by atoms with van der Waals surface area (Å²) in [6.07, 6.45) is 60.7. The van der Waals surface area contributed by atoms with E-state index in [0.717, 1.165) is 61.4 Å². The molecule has 0 saturated heterocycles. The van der Waals surface area contributed by atoms with Crippen molar-refractivity contribution in [3.63, 3.8) is 0 Å². The largest absolute Gasteiger partial charge is 0.351 e. The fourth-order valence-electron chi connectivity index (χ4n) is 10.6. The van der Waals surface area contributed by atoms with Gasteiger partial charge in [-0.25, -0.2) is 0 Å². The maximum absolute atomic E-state index is 13.7. The molecule has 0 spiro atoms. The number of thiophene rings is 3. The van der Waals surface area contributed by atoms with Gasteiger partial charge < -0.3 is 10.6 Å². The van der Waals surface area contributed by atoms with Gasteiger partial charge in [0.25, 0.3) is 11.8 Å². The molecule has 2 amide bonds. The average molecular weight is 1060 g/mol. The summed E-state index contributed by atoms with van der Waals surface area (Å²) in [5, 5.41) is 6.60. The summed E-state index contributed by atoms with van der Waals surface area (Å²) in [5.41, 5.74) is 2.66. The molecule has 3 aromatic rings. The number of hydrogen-bond donors (Lipinski definition) is 2. The van der Waals surface area contributed by atoms with E-state index in [2.05, 4.69) is 62.6 Å². The van der Waals surface area contributed by atoms with Crippen LogP contribution in [0.3, 0.4) is 0 Å². The molecular formula is C66H114N2O2S3. The van der Waals surface area contributed by atoms with Crippen molar-refractivity contribution in [3.05, 3.63) is 45.1 Å². The van der Waals surface area contributed by atoms with E-state index in [1.807, 2.05) is 11.3 Å². The van der Waals surface area contributed by atoms with E-state index >= 15 is 0 Å². The first kappa shape index (κ1) is 65.3. The lowest BCUT2D eigenvalue weighted by Crippen LogP contribution is -2.23. The molecular weight excluding hydrogens is 949 g/mol. The zero-order valence-corrected chi connectivity index (χ0v) is 50.7. The fourth-order valence-corrected chi connectivity index (χ4v) is 14.1. The molecule has 2 N–H and O–H groups in total. The Morgan fingerprint density at radius 3 is 0.808 bits per heavy atom. The van der Waals surface area contributed by atoms with Crippen LogP contribution in [0.2, 0.25) is 0 Å². The quantitative estimate of drug-likeness (QED) is 0.0554. The molecule has 0 radical (unpaired) electrons. The van der Waals surface area contributed by atoms with Gasteiger partial charge in [0.1, 0.15) is 0 Å². The summed E-state index contributed by atoms with van der Waals surface area (Å²) in [7, 11) is 0. The van der Waals surface area contributed by atoms with Crippen LogP contribution in [0.15, 0.2) is 24.3 Å². The predicted octanol–water partition coefficient (Wildman–Crippen LogP) is 23.0. The Bertz CT molecular complexity index is 1620. The van der Waals surface area contributed by atoms with Gasteiger partial charge in [0, 0.05) is 32.6 Å². The Labute approximate surface area is 464 Å². The Morgan fingerprint density at radius 1 is 0.315 bits per heavy atom. The van der Waals surface area contributed by atoms with Crippen molar-refractivity contribution >= 4 is 45.8 Å². The molecule has 0 bridgehead atoms. The summed E-state index contributed by atoms with van der Waals surface area (Å²) >= 11 is 5.24. The second-order valence-electron chi connectivity index (χ2n) is 22.2. The molecule has 4 nitrogen and oxygen atoms in total. The number of unbranched alkanes of at least 4 members (excludes halogenated alkanes) is 40. The molecule has 0 fully saturated rings. The first-order chi connectivity index (χ1) is 36.0. The van der Waals surface area contributed by atoms with Crippen LogP contribution in [0.1, 0.15) is 341 Å². The maximum Gasteiger partial charge on any atom is 0.261 e. The van der Waals surface area contributed by atoms with Gasteiger partial charge in [0.05, 0.1) is 9.75 Å². The molecule has 0 atom stereocenters. The second kappa shape index (κ2) is 46.2. The third-order valence-corrected chi connectivity index (χ3v) is 19.1. The zero-order valence-electron chi connectivity index (χ0n) is 48.3. The minimum Gasteiger partial charge on any atom is -0.351 e. The van der Waals surface area contributed by atoms with Crippen molar-refractivity contribution < 1.29 is 9.59 Å². The van der Waals surface area contributed by atoms with Crippen molar-refractivity contribution in [3.8, 4) is 19.5 Å². The third-order valence-electron chi connectivity index (χ3n) is 15.4. The normalized spacial score (nSPS) is 11.6. The third kappa shape index (κ3) is 31.8. The molecule has 418 valence electrons. The minimum absolute atomic E-state index is 0.0907. The zero-order chi connectivity index (χ0) is 52.1. The van der Waals surface area contributed by atoms with Crippen molar-refractivity contribution in [2.24, 2.45) is 0 Å². The van der Waals surface area contributed by atoms with Gasteiger partial charge in [-0.15, -0.1) is 34.0 Å². The Balaban J connectivity index is 1.51. The highest BCUT2D eigenvalue weighted by Gasteiger charge is 2.21. The molecule has 0 aromatic carbocycles. The number of carbonyl (C=O) groups is 2. The van der Waals surface area contributed by atoms with Gasteiger partial charge in [-0.2, -0.15) is 0 Å². The van der Waals surface area contributed by atoms with Gasteiger partial charge in [0.2, 0.25) is 0 Å². The highest BCUT2D eigenvalue weighted by Crippen LogP contribution is 2.44. The molecule has 73 heavy (non-hydrogen) atoms. The minimum atomic E-state index is 0.0907. The maximum atomic E-state index is 13.7. The summed E-state index contributed by atoms with van der Waals surface area (Å²) < 4.78 is 0. The number of amides is 2. The van der Waals surface area contributed by atoms with Gasteiger partial charge in [-0.05, 0) is 73.9 Å². The standard InChI is InChI=1S/C66H114N2O2S3/c1-5-9-13-17-21-23-25-27-29-31-33-35-37-39-43-47-53-67-65(69)61-55-57(49-45-41-19-15-11-7-3)63(72-61)59-51-52-60(71-59)64-58(50-46-42-20-16-12-8-4)56-62(73-64)66(70)68-54-48-44-40-38-36-34-32-30-28-26-24-22-18-14-10-6-2/h51-52,55-56H,5-50,53-54H2,1-4H3,(H,67,69)(H,68,70). The lowest BCUT2D eigenvalue weighted by Gasteiger charge is -2.05. The van der Waals surface area contributed by atoms with Gasteiger partial charge >= 0.3 is 0 Å². The summed E-state index contributed by atoms with van der Waals surface area (Å²) in [5.74, 6) is 0.181. The van der Waals surface area contributed by atoms with Gasteiger partial charge in [0.15, 0.2) is 0 Å². The van der Waals surface area contributed by atoms with Crippen LogP contribution in [0.5, 0.6) is 0 Å².